The van der Waals surface area contributed by atoms with Crippen LogP contribution in [0.5, 0.6) is 0 Å². The number of carbonyl (C=O) groups is 2. The molecule has 26 heavy (non-hydrogen) atoms. The highest BCUT2D eigenvalue weighted by molar-refractivity contribution is 5.93. The first-order chi connectivity index (χ1) is 12.6. The minimum absolute atomic E-state index is 0.228. The van der Waals surface area contributed by atoms with E-state index in [0.717, 1.165) is 23.1 Å². The van der Waals surface area contributed by atoms with E-state index in [4.69, 9.17) is 9.47 Å². The summed E-state index contributed by atoms with van der Waals surface area (Å²) in [6, 6.07) is 3.76. The summed E-state index contributed by atoms with van der Waals surface area (Å²) in [5, 5.41) is 12.2. The molecule has 1 aromatic carbocycles. The van der Waals surface area contributed by atoms with Gasteiger partial charge in [0.2, 0.25) is 11.8 Å². The SMILES string of the molecule is O=CNCCOCCCc1cc2c3c(c1)c(=O)c(C(=O)O)cn3COC2. The third-order valence-electron chi connectivity index (χ3n) is 4.26. The molecule has 0 fully saturated rings. The summed E-state index contributed by atoms with van der Waals surface area (Å²) in [6.07, 6.45) is 3.42. The number of aryl methyl sites for hydroxylation is 1. The maximum atomic E-state index is 12.5. The number of ether oxygens (including phenoxy) is 2. The zero-order valence-corrected chi connectivity index (χ0v) is 14.2. The molecule has 2 heterocycles. The Kier molecular flexibility index (Phi) is 5.65. The molecule has 0 unspecified atom stereocenters. The fraction of sp³-hybridized carbons (Fsp3) is 0.389. The summed E-state index contributed by atoms with van der Waals surface area (Å²) >= 11 is 0. The van der Waals surface area contributed by atoms with Gasteiger partial charge in [0.15, 0.2) is 0 Å². The van der Waals surface area contributed by atoms with Gasteiger partial charge in [0, 0.05) is 30.3 Å². The number of hydrogen-bond acceptors (Lipinski definition) is 5. The number of hydrogen-bond donors (Lipinski definition) is 2. The fourth-order valence-electron chi connectivity index (χ4n) is 3.13. The van der Waals surface area contributed by atoms with Crippen molar-refractivity contribution < 1.29 is 24.2 Å². The van der Waals surface area contributed by atoms with Crippen molar-refractivity contribution >= 4 is 23.3 Å². The van der Waals surface area contributed by atoms with Gasteiger partial charge in [-0.05, 0) is 24.5 Å². The van der Waals surface area contributed by atoms with Gasteiger partial charge in [0.1, 0.15) is 12.3 Å². The number of carboxylic acids is 1. The van der Waals surface area contributed by atoms with E-state index in [1.54, 1.807) is 10.6 Å². The van der Waals surface area contributed by atoms with Gasteiger partial charge in [-0.1, -0.05) is 6.07 Å². The average molecular weight is 360 g/mol. The minimum atomic E-state index is -1.24. The second-order valence-corrected chi connectivity index (χ2v) is 6.06. The Balaban J connectivity index is 1.80. The quantitative estimate of drug-likeness (QED) is 0.508. The van der Waals surface area contributed by atoms with Gasteiger partial charge in [0.05, 0.1) is 18.7 Å². The number of nitrogens with zero attached hydrogens (tertiary/aromatic N) is 1. The molecule has 0 radical (unpaired) electrons. The number of aromatic nitrogens is 1. The van der Waals surface area contributed by atoms with Gasteiger partial charge in [0.25, 0.3) is 0 Å². The molecule has 8 nitrogen and oxygen atoms in total. The van der Waals surface area contributed by atoms with Crippen molar-refractivity contribution in [1.29, 1.82) is 0 Å². The van der Waals surface area contributed by atoms with Gasteiger partial charge in [-0.15, -0.1) is 0 Å². The van der Waals surface area contributed by atoms with Crippen LogP contribution in [0.2, 0.25) is 0 Å². The fourth-order valence-corrected chi connectivity index (χ4v) is 3.13. The van der Waals surface area contributed by atoms with Gasteiger partial charge in [-0.3, -0.25) is 9.59 Å². The Morgan fingerprint density at radius 3 is 3.00 bits per heavy atom. The molecule has 0 saturated carbocycles. The number of carbonyl (C=O) groups excluding carboxylic acids is 1. The maximum absolute atomic E-state index is 12.5. The van der Waals surface area contributed by atoms with Crippen LogP contribution < -0.4 is 10.7 Å². The van der Waals surface area contributed by atoms with Gasteiger partial charge >= 0.3 is 5.97 Å². The number of carboxylic acid groups (broad SMARTS) is 1. The van der Waals surface area contributed by atoms with Crippen molar-refractivity contribution in [2.24, 2.45) is 0 Å². The van der Waals surface area contributed by atoms with E-state index >= 15 is 0 Å². The Morgan fingerprint density at radius 1 is 1.38 bits per heavy atom. The summed E-state index contributed by atoms with van der Waals surface area (Å²) < 4.78 is 12.6. The Bertz CT molecular complexity index is 889. The van der Waals surface area contributed by atoms with Crippen LogP contribution in [0, 0.1) is 0 Å². The van der Waals surface area contributed by atoms with Crippen molar-refractivity contribution in [3.05, 3.63) is 45.2 Å². The molecule has 0 atom stereocenters. The van der Waals surface area contributed by atoms with Crippen LogP contribution in [0.4, 0.5) is 0 Å². The molecule has 3 rings (SSSR count). The average Bonchev–Trinajstić information content (AvgIpc) is 2.63. The molecule has 1 amide bonds. The Morgan fingerprint density at radius 2 is 2.23 bits per heavy atom. The summed E-state index contributed by atoms with van der Waals surface area (Å²) in [5.74, 6) is -1.24. The maximum Gasteiger partial charge on any atom is 0.341 e. The number of amides is 1. The van der Waals surface area contributed by atoms with Crippen LogP contribution in [0.15, 0.2) is 23.1 Å². The van der Waals surface area contributed by atoms with E-state index in [-0.39, 0.29) is 12.3 Å². The summed E-state index contributed by atoms with van der Waals surface area (Å²) in [5.41, 5.74) is 1.85. The summed E-state index contributed by atoms with van der Waals surface area (Å²) in [7, 11) is 0. The van der Waals surface area contributed by atoms with Crippen LogP contribution in [-0.4, -0.2) is 41.8 Å². The molecular weight excluding hydrogens is 340 g/mol. The highest BCUT2D eigenvalue weighted by Crippen LogP contribution is 2.25. The minimum Gasteiger partial charge on any atom is -0.477 e. The molecule has 1 aliphatic rings. The largest absolute Gasteiger partial charge is 0.477 e. The first-order valence-electron chi connectivity index (χ1n) is 8.36. The lowest BCUT2D eigenvalue weighted by atomic mass is 10.00. The first-order valence-corrected chi connectivity index (χ1v) is 8.36. The zero-order valence-electron chi connectivity index (χ0n) is 14.2. The van der Waals surface area contributed by atoms with Crippen LogP contribution in [0.1, 0.15) is 27.9 Å². The number of pyridine rings is 1. The van der Waals surface area contributed by atoms with E-state index in [1.165, 1.54) is 6.20 Å². The van der Waals surface area contributed by atoms with Gasteiger partial charge in [-0.25, -0.2) is 4.79 Å². The topological polar surface area (TPSA) is 107 Å². The van der Waals surface area contributed by atoms with Crippen molar-refractivity contribution in [1.82, 2.24) is 9.88 Å². The molecule has 0 spiro atoms. The van der Waals surface area contributed by atoms with Crippen LogP contribution in [0.25, 0.3) is 10.9 Å². The lowest BCUT2D eigenvalue weighted by molar-refractivity contribution is -0.109. The highest BCUT2D eigenvalue weighted by Gasteiger charge is 2.20. The van der Waals surface area contributed by atoms with E-state index in [0.29, 0.717) is 44.6 Å². The van der Waals surface area contributed by atoms with E-state index < -0.39 is 11.4 Å². The van der Waals surface area contributed by atoms with Crippen LogP contribution in [0.3, 0.4) is 0 Å². The number of benzene rings is 1. The summed E-state index contributed by atoms with van der Waals surface area (Å²) in [4.78, 5) is 34.0. The van der Waals surface area contributed by atoms with Crippen LogP contribution >= 0.6 is 0 Å². The second kappa shape index (κ2) is 8.11. The molecule has 2 N–H and O–H groups in total. The molecule has 0 saturated heterocycles. The second-order valence-electron chi connectivity index (χ2n) is 6.06. The molecule has 8 heteroatoms. The highest BCUT2D eigenvalue weighted by atomic mass is 16.5. The smallest absolute Gasteiger partial charge is 0.341 e. The van der Waals surface area contributed by atoms with Gasteiger partial charge in [-0.2, -0.15) is 0 Å². The van der Waals surface area contributed by atoms with Crippen molar-refractivity contribution in [2.45, 2.75) is 26.2 Å². The summed E-state index contributed by atoms with van der Waals surface area (Å²) in [6.45, 7) is 2.07. The van der Waals surface area contributed by atoms with E-state index in [2.05, 4.69) is 5.32 Å². The Labute approximate surface area is 149 Å². The zero-order chi connectivity index (χ0) is 18.5. The third-order valence-corrected chi connectivity index (χ3v) is 4.26. The van der Waals surface area contributed by atoms with E-state index in [9.17, 15) is 19.5 Å². The normalized spacial score (nSPS) is 12.9. The third kappa shape index (κ3) is 3.76. The molecule has 0 bridgehead atoms. The molecule has 138 valence electrons. The lowest BCUT2D eigenvalue weighted by Gasteiger charge is -2.21. The molecule has 2 aromatic rings. The predicted octanol–water partition coefficient (Wildman–Crippen LogP) is 0.883. The molecule has 1 aliphatic heterocycles. The van der Waals surface area contributed by atoms with E-state index in [1.807, 2.05) is 6.07 Å². The number of aromatic carboxylic acids is 1. The molecular formula is C18H20N2O6. The first kappa shape index (κ1) is 18.1. The number of rotatable bonds is 9. The Hall–Kier alpha value is -2.71. The van der Waals surface area contributed by atoms with Crippen molar-refractivity contribution in [3.8, 4) is 0 Å². The predicted molar refractivity (Wildman–Crippen MR) is 93.2 cm³/mol. The monoisotopic (exact) mass is 360 g/mol. The number of nitrogens with one attached hydrogen (secondary N) is 1. The van der Waals surface area contributed by atoms with Gasteiger partial charge < -0.3 is 24.5 Å². The molecule has 1 aromatic heterocycles. The van der Waals surface area contributed by atoms with Crippen molar-refractivity contribution in [2.75, 3.05) is 19.8 Å². The van der Waals surface area contributed by atoms with Crippen molar-refractivity contribution in [3.63, 3.8) is 0 Å². The van der Waals surface area contributed by atoms with Crippen LogP contribution in [-0.2, 0) is 34.0 Å². The molecule has 0 aliphatic carbocycles. The standard InChI is InChI=1S/C18H20N2O6/c21-10-19-3-5-25-4-1-2-12-6-13-9-26-11-20-8-15(18(23)24)17(22)14(7-12)16(13)20/h6-8,10H,1-5,9,11H2,(H,19,21)(H,23,24). The lowest BCUT2D eigenvalue weighted by Crippen LogP contribution is -2.23.